The normalized spacial score (nSPS) is 30.5. The summed E-state index contributed by atoms with van der Waals surface area (Å²) in [6.07, 6.45) is 6.79. The van der Waals surface area contributed by atoms with Gasteiger partial charge in [0.15, 0.2) is 0 Å². The van der Waals surface area contributed by atoms with E-state index in [0.29, 0.717) is 6.61 Å². The molecule has 1 N–H and O–H groups in total. The van der Waals surface area contributed by atoms with Gasteiger partial charge in [-0.2, -0.15) is 0 Å². The van der Waals surface area contributed by atoms with E-state index in [1.165, 1.54) is 32.1 Å². The average Bonchev–Trinajstić information content (AvgIpc) is 2.09. The van der Waals surface area contributed by atoms with Crippen LogP contribution in [0.2, 0.25) is 0 Å². The van der Waals surface area contributed by atoms with Gasteiger partial charge < -0.3 is 5.11 Å². The Morgan fingerprint density at radius 3 is 2.38 bits per heavy atom. The van der Waals surface area contributed by atoms with Crippen LogP contribution in [0, 0.1) is 17.3 Å². The first-order valence-corrected chi connectivity index (χ1v) is 5.66. The molecule has 0 aromatic rings. The molecule has 13 heavy (non-hydrogen) atoms. The van der Waals surface area contributed by atoms with Gasteiger partial charge in [0.2, 0.25) is 0 Å². The highest BCUT2D eigenvalue weighted by Gasteiger charge is 2.27. The Balaban J connectivity index is 2.42. The molecule has 78 valence electrons. The smallest absolute Gasteiger partial charge is 0.0482 e. The zero-order valence-electron chi connectivity index (χ0n) is 9.34. The number of rotatable bonds is 3. The van der Waals surface area contributed by atoms with E-state index in [9.17, 15) is 5.11 Å². The van der Waals surface area contributed by atoms with Crippen LogP contribution in [0.25, 0.3) is 0 Å². The van der Waals surface area contributed by atoms with Crippen molar-refractivity contribution in [2.24, 2.45) is 17.3 Å². The maximum absolute atomic E-state index is 9.21. The molecule has 0 bridgehead atoms. The molecule has 1 rings (SSSR count). The van der Waals surface area contributed by atoms with Crippen molar-refractivity contribution >= 4 is 0 Å². The summed E-state index contributed by atoms with van der Waals surface area (Å²) in [5, 5.41) is 9.21. The molecule has 1 aliphatic rings. The highest BCUT2D eigenvalue weighted by molar-refractivity contribution is 4.78. The molecule has 0 saturated heterocycles. The van der Waals surface area contributed by atoms with Crippen molar-refractivity contribution in [2.75, 3.05) is 6.61 Å². The molecule has 2 unspecified atom stereocenters. The number of aliphatic hydroxyl groups excluding tert-OH is 1. The van der Waals surface area contributed by atoms with Gasteiger partial charge in [-0.3, -0.25) is 0 Å². The van der Waals surface area contributed by atoms with E-state index >= 15 is 0 Å². The molecule has 0 heterocycles. The lowest BCUT2D eigenvalue weighted by Gasteiger charge is -2.34. The Bertz CT molecular complexity index is 151. The van der Waals surface area contributed by atoms with Crippen LogP contribution in [-0.4, -0.2) is 11.7 Å². The van der Waals surface area contributed by atoms with Crippen molar-refractivity contribution < 1.29 is 5.11 Å². The third-order valence-electron chi connectivity index (χ3n) is 3.53. The second kappa shape index (κ2) is 4.45. The zero-order chi connectivity index (χ0) is 9.90. The monoisotopic (exact) mass is 184 g/mol. The average molecular weight is 184 g/mol. The van der Waals surface area contributed by atoms with E-state index < -0.39 is 0 Å². The van der Waals surface area contributed by atoms with Gasteiger partial charge in [-0.15, -0.1) is 0 Å². The second-order valence-corrected chi connectivity index (χ2v) is 5.55. The van der Waals surface area contributed by atoms with Crippen molar-refractivity contribution in [1.29, 1.82) is 0 Å². The van der Waals surface area contributed by atoms with Gasteiger partial charge in [0, 0.05) is 6.61 Å². The van der Waals surface area contributed by atoms with Crippen LogP contribution in [0.1, 0.15) is 52.9 Å². The number of hydrogen-bond acceptors (Lipinski definition) is 1. The van der Waals surface area contributed by atoms with Gasteiger partial charge in [-0.05, 0) is 23.7 Å². The first-order chi connectivity index (χ1) is 6.05. The molecule has 0 amide bonds. The third-order valence-corrected chi connectivity index (χ3v) is 3.53. The van der Waals surface area contributed by atoms with E-state index in [1.54, 1.807) is 0 Å². The molecule has 1 aliphatic carbocycles. The SMILES string of the molecule is CC1CCCCC1CC(C)(C)CO. The molecule has 0 aromatic heterocycles. The third kappa shape index (κ3) is 3.30. The fraction of sp³-hybridized carbons (Fsp3) is 1.00. The minimum atomic E-state index is 0.135. The summed E-state index contributed by atoms with van der Waals surface area (Å²) in [7, 11) is 0. The maximum Gasteiger partial charge on any atom is 0.0482 e. The van der Waals surface area contributed by atoms with E-state index in [2.05, 4.69) is 20.8 Å². The Hall–Kier alpha value is -0.0400. The van der Waals surface area contributed by atoms with Crippen LogP contribution in [0.4, 0.5) is 0 Å². The minimum absolute atomic E-state index is 0.135. The Kier molecular flexibility index (Phi) is 3.78. The molecule has 0 radical (unpaired) electrons. The van der Waals surface area contributed by atoms with E-state index in [4.69, 9.17) is 0 Å². The quantitative estimate of drug-likeness (QED) is 0.714. The summed E-state index contributed by atoms with van der Waals surface area (Å²) < 4.78 is 0. The summed E-state index contributed by atoms with van der Waals surface area (Å²) >= 11 is 0. The fourth-order valence-corrected chi connectivity index (χ4v) is 2.47. The maximum atomic E-state index is 9.21. The van der Waals surface area contributed by atoms with Crippen molar-refractivity contribution in [3.05, 3.63) is 0 Å². The largest absolute Gasteiger partial charge is 0.396 e. The van der Waals surface area contributed by atoms with Crippen LogP contribution in [0.5, 0.6) is 0 Å². The van der Waals surface area contributed by atoms with Crippen LogP contribution in [0.3, 0.4) is 0 Å². The minimum Gasteiger partial charge on any atom is -0.396 e. The predicted molar refractivity (Wildman–Crippen MR) is 56.6 cm³/mol. The molecular formula is C12H24O. The lowest BCUT2D eigenvalue weighted by Crippen LogP contribution is -2.26. The Labute approximate surface area is 82.5 Å². The summed E-state index contributed by atoms with van der Waals surface area (Å²) in [5.74, 6) is 1.73. The lowest BCUT2D eigenvalue weighted by atomic mass is 9.72. The van der Waals surface area contributed by atoms with Gasteiger partial charge in [0.1, 0.15) is 0 Å². The standard InChI is InChI=1S/C12H24O/c1-10-6-4-5-7-11(10)8-12(2,3)9-13/h10-11,13H,4-9H2,1-3H3. The van der Waals surface area contributed by atoms with Crippen molar-refractivity contribution in [1.82, 2.24) is 0 Å². The molecule has 0 spiro atoms. The van der Waals surface area contributed by atoms with Gasteiger partial charge >= 0.3 is 0 Å². The summed E-state index contributed by atoms with van der Waals surface area (Å²) in [4.78, 5) is 0. The van der Waals surface area contributed by atoms with Crippen molar-refractivity contribution in [3.8, 4) is 0 Å². The highest BCUT2D eigenvalue weighted by Crippen LogP contribution is 2.37. The Morgan fingerprint density at radius 2 is 1.85 bits per heavy atom. The first kappa shape index (κ1) is 11.0. The van der Waals surface area contributed by atoms with Crippen LogP contribution < -0.4 is 0 Å². The van der Waals surface area contributed by atoms with Crippen molar-refractivity contribution in [3.63, 3.8) is 0 Å². The van der Waals surface area contributed by atoms with Gasteiger partial charge in [-0.1, -0.05) is 46.5 Å². The van der Waals surface area contributed by atoms with E-state index in [0.717, 1.165) is 11.8 Å². The summed E-state index contributed by atoms with van der Waals surface area (Å²) in [6, 6.07) is 0. The van der Waals surface area contributed by atoms with E-state index in [-0.39, 0.29) is 5.41 Å². The van der Waals surface area contributed by atoms with Crippen LogP contribution >= 0.6 is 0 Å². The van der Waals surface area contributed by atoms with Crippen LogP contribution in [-0.2, 0) is 0 Å². The molecular weight excluding hydrogens is 160 g/mol. The molecule has 1 heteroatoms. The Morgan fingerprint density at radius 1 is 1.23 bits per heavy atom. The van der Waals surface area contributed by atoms with E-state index in [1.807, 2.05) is 0 Å². The first-order valence-electron chi connectivity index (χ1n) is 5.66. The zero-order valence-corrected chi connectivity index (χ0v) is 9.34. The lowest BCUT2D eigenvalue weighted by molar-refractivity contribution is 0.100. The fourth-order valence-electron chi connectivity index (χ4n) is 2.47. The summed E-state index contributed by atoms with van der Waals surface area (Å²) in [5.41, 5.74) is 0.135. The van der Waals surface area contributed by atoms with Crippen molar-refractivity contribution in [2.45, 2.75) is 52.9 Å². The highest BCUT2D eigenvalue weighted by atomic mass is 16.3. The van der Waals surface area contributed by atoms with Gasteiger partial charge in [-0.25, -0.2) is 0 Å². The predicted octanol–water partition coefficient (Wildman–Crippen LogP) is 3.22. The topological polar surface area (TPSA) is 20.2 Å². The van der Waals surface area contributed by atoms with Gasteiger partial charge in [0.05, 0.1) is 0 Å². The molecule has 0 aromatic carbocycles. The molecule has 2 atom stereocenters. The van der Waals surface area contributed by atoms with Gasteiger partial charge in [0.25, 0.3) is 0 Å². The summed E-state index contributed by atoms with van der Waals surface area (Å²) in [6.45, 7) is 7.05. The molecule has 1 fully saturated rings. The molecule has 1 nitrogen and oxygen atoms in total. The molecule has 0 aliphatic heterocycles. The number of hydrogen-bond donors (Lipinski definition) is 1. The molecule has 1 saturated carbocycles. The van der Waals surface area contributed by atoms with Crippen LogP contribution in [0.15, 0.2) is 0 Å². The second-order valence-electron chi connectivity index (χ2n) is 5.55. The number of aliphatic hydroxyl groups is 1.